The largest absolute Gasteiger partial charge is 0.308 e. The highest BCUT2D eigenvalue weighted by molar-refractivity contribution is 5.95. The van der Waals surface area contributed by atoms with Crippen LogP contribution in [-0.2, 0) is 17.8 Å². The van der Waals surface area contributed by atoms with Gasteiger partial charge in [0.25, 0.3) is 5.56 Å². The molecule has 0 aliphatic carbocycles. The maximum atomic E-state index is 13.4. The lowest BCUT2D eigenvalue weighted by Crippen LogP contribution is -2.44. The van der Waals surface area contributed by atoms with Gasteiger partial charge in [-0.2, -0.15) is 0 Å². The van der Waals surface area contributed by atoms with Crippen LogP contribution in [-0.4, -0.2) is 21.5 Å². The van der Waals surface area contributed by atoms with Crippen LogP contribution in [0.3, 0.4) is 0 Å². The van der Waals surface area contributed by atoms with Crippen molar-refractivity contribution >= 4 is 11.6 Å². The predicted octanol–water partition coefficient (Wildman–Crippen LogP) is 1.75. The third-order valence-electron chi connectivity index (χ3n) is 3.94. The van der Waals surface area contributed by atoms with Crippen molar-refractivity contribution in [2.24, 2.45) is 0 Å². The quantitative estimate of drug-likeness (QED) is 0.849. The van der Waals surface area contributed by atoms with Gasteiger partial charge >= 0.3 is 0 Å². The van der Waals surface area contributed by atoms with Crippen LogP contribution in [0.1, 0.15) is 18.9 Å². The number of amides is 1. The van der Waals surface area contributed by atoms with Crippen molar-refractivity contribution in [2.45, 2.75) is 32.4 Å². The molecule has 1 aromatic carbocycles. The van der Waals surface area contributed by atoms with E-state index in [-0.39, 0.29) is 29.9 Å². The lowest BCUT2D eigenvalue weighted by Gasteiger charge is -2.35. The number of nitrogens with zero attached hydrogens (tertiary/aromatic N) is 3. The lowest BCUT2D eigenvalue weighted by molar-refractivity contribution is -0.119. The van der Waals surface area contributed by atoms with Gasteiger partial charge in [0, 0.05) is 24.0 Å². The summed E-state index contributed by atoms with van der Waals surface area (Å²) in [5, 5.41) is 0. The number of rotatable bonds is 2. The molecule has 114 valence electrons. The summed E-state index contributed by atoms with van der Waals surface area (Å²) < 4.78 is 14.6. The fourth-order valence-electron chi connectivity index (χ4n) is 2.82. The summed E-state index contributed by atoms with van der Waals surface area (Å²) in [6.07, 6.45) is 4.25. The molecule has 1 amide bonds. The Balaban J connectivity index is 1.92. The molecule has 0 saturated carbocycles. The number of aryl methyl sites for hydroxylation is 1. The van der Waals surface area contributed by atoms with Gasteiger partial charge in [-0.05, 0) is 43.5 Å². The SMILES string of the molecule is CC1CCc2cc(F)ccc2N1C(=O)Cn1cnccc1=O. The fourth-order valence-corrected chi connectivity index (χ4v) is 2.82. The van der Waals surface area contributed by atoms with Gasteiger partial charge < -0.3 is 4.90 Å². The highest BCUT2D eigenvalue weighted by Gasteiger charge is 2.28. The number of benzene rings is 1. The smallest absolute Gasteiger partial charge is 0.253 e. The predicted molar refractivity (Wildman–Crippen MR) is 80.2 cm³/mol. The molecule has 1 aliphatic rings. The summed E-state index contributed by atoms with van der Waals surface area (Å²) in [4.78, 5) is 29.8. The molecular weight excluding hydrogens is 285 g/mol. The van der Waals surface area contributed by atoms with Crippen molar-refractivity contribution in [1.82, 2.24) is 9.55 Å². The average Bonchev–Trinajstić information content (AvgIpc) is 2.49. The Kier molecular flexibility index (Phi) is 3.75. The third kappa shape index (κ3) is 2.64. The Labute approximate surface area is 127 Å². The molecule has 3 rings (SSSR count). The Morgan fingerprint density at radius 2 is 2.23 bits per heavy atom. The van der Waals surface area contributed by atoms with E-state index in [0.717, 1.165) is 24.1 Å². The summed E-state index contributed by atoms with van der Waals surface area (Å²) in [7, 11) is 0. The van der Waals surface area contributed by atoms with Gasteiger partial charge in [-0.15, -0.1) is 0 Å². The Hall–Kier alpha value is -2.50. The Morgan fingerprint density at radius 3 is 3.00 bits per heavy atom. The molecule has 1 unspecified atom stereocenters. The highest BCUT2D eigenvalue weighted by atomic mass is 19.1. The first kappa shape index (κ1) is 14.4. The average molecular weight is 301 g/mol. The summed E-state index contributed by atoms with van der Waals surface area (Å²) >= 11 is 0. The molecule has 1 atom stereocenters. The summed E-state index contributed by atoms with van der Waals surface area (Å²) in [6, 6.07) is 5.78. The zero-order valence-corrected chi connectivity index (χ0v) is 12.2. The van der Waals surface area contributed by atoms with Gasteiger partial charge in [0.05, 0.1) is 6.33 Å². The number of aromatic nitrogens is 2. The first-order valence-corrected chi connectivity index (χ1v) is 7.17. The molecule has 2 heterocycles. The molecule has 0 saturated heterocycles. The second kappa shape index (κ2) is 5.71. The lowest BCUT2D eigenvalue weighted by atomic mass is 9.96. The van der Waals surface area contributed by atoms with E-state index >= 15 is 0 Å². The molecular formula is C16H16FN3O2. The molecule has 2 aromatic rings. The topological polar surface area (TPSA) is 55.2 Å². The van der Waals surface area contributed by atoms with E-state index < -0.39 is 0 Å². The Morgan fingerprint density at radius 1 is 1.41 bits per heavy atom. The normalized spacial score (nSPS) is 17.2. The summed E-state index contributed by atoms with van der Waals surface area (Å²) in [5.74, 6) is -0.501. The molecule has 0 N–H and O–H groups in total. The van der Waals surface area contributed by atoms with Crippen LogP contribution in [0.25, 0.3) is 0 Å². The number of hydrogen-bond donors (Lipinski definition) is 0. The maximum absolute atomic E-state index is 13.4. The first-order valence-electron chi connectivity index (χ1n) is 7.17. The van der Waals surface area contributed by atoms with Gasteiger partial charge in [0.1, 0.15) is 12.4 Å². The Bertz CT molecular complexity index is 772. The minimum absolute atomic E-state index is 0.0119. The molecule has 6 heteroatoms. The van der Waals surface area contributed by atoms with Crippen LogP contribution in [0.2, 0.25) is 0 Å². The second-order valence-electron chi connectivity index (χ2n) is 5.47. The first-order chi connectivity index (χ1) is 10.6. The molecule has 0 spiro atoms. The zero-order chi connectivity index (χ0) is 15.7. The second-order valence-corrected chi connectivity index (χ2v) is 5.47. The van der Waals surface area contributed by atoms with E-state index in [1.165, 1.54) is 35.3 Å². The fraction of sp³-hybridized carbons (Fsp3) is 0.312. The van der Waals surface area contributed by atoms with Crippen LogP contribution in [0, 0.1) is 5.82 Å². The molecule has 1 aromatic heterocycles. The van der Waals surface area contributed by atoms with Crippen molar-refractivity contribution in [3.63, 3.8) is 0 Å². The van der Waals surface area contributed by atoms with E-state index in [9.17, 15) is 14.0 Å². The van der Waals surface area contributed by atoms with Crippen LogP contribution >= 0.6 is 0 Å². The van der Waals surface area contributed by atoms with Crippen molar-refractivity contribution in [3.05, 3.63) is 58.5 Å². The van der Waals surface area contributed by atoms with Crippen molar-refractivity contribution in [2.75, 3.05) is 4.90 Å². The summed E-state index contributed by atoms with van der Waals surface area (Å²) in [6.45, 7) is 1.88. The standard InChI is InChI=1S/C16H16FN3O2/c1-11-2-3-12-8-13(17)4-5-14(12)20(11)16(22)9-19-10-18-7-6-15(19)21/h4-8,10-11H,2-3,9H2,1H3. The van der Waals surface area contributed by atoms with E-state index in [1.807, 2.05) is 6.92 Å². The van der Waals surface area contributed by atoms with Gasteiger partial charge in [0.15, 0.2) is 0 Å². The number of anilines is 1. The van der Waals surface area contributed by atoms with E-state index in [2.05, 4.69) is 4.98 Å². The zero-order valence-electron chi connectivity index (χ0n) is 12.2. The van der Waals surface area contributed by atoms with E-state index in [1.54, 1.807) is 11.0 Å². The monoisotopic (exact) mass is 301 g/mol. The molecule has 0 fully saturated rings. The summed E-state index contributed by atoms with van der Waals surface area (Å²) in [5.41, 5.74) is 1.28. The number of fused-ring (bicyclic) bond motifs is 1. The number of carbonyl (C=O) groups excluding carboxylic acids is 1. The van der Waals surface area contributed by atoms with Gasteiger partial charge in [-0.3, -0.25) is 14.2 Å². The van der Waals surface area contributed by atoms with Gasteiger partial charge in [-0.25, -0.2) is 9.37 Å². The van der Waals surface area contributed by atoms with Crippen LogP contribution in [0.5, 0.6) is 0 Å². The van der Waals surface area contributed by atoms with Crippen LogP contribution in [0.4, 0.5) is 10.1 Å². The number of hydrogen-bond acceptors (Lipinski definition) is 3. The minimum Gasteiger partial charge on any atom is -0.308 e. The molecule has 5 nitrogen and oxygen atoms in total. The molecule has 0 radical (unpaired) electrons. The van der Waals surface area contributed by atoms with Crippen LogP contribution < -0.4 is 10.5 Å². The van der Waals surface area contributed by atoms with Crippen LogP contribution in [0.15, 0.2) is 41.6 Å². The molecule has 1 aliphatic heterocycles. The van der Waals surface area contributed by atoms with Crippen molar-refractivity contribution in [3.8, 4) is 0 Å². The van der Waals surface area contributed by atoms with Gasteiger partial charge in [-0.1, -0.05) is 0 Å². The molecule has 22 heavy (non-hydrogen) atoms. The van der Waals surface area contributed by atoms with E-state index in [0.29, 0.717) is 0 Å². The maximum Gasteiger partial charge on any atom is 0.253 e. The number of halogens is 1. The van der Waals surface area contributed by atoms with Crippen molar-refractivity contribution in [1.29, 1.82) is 0 Å². The molecule has 0 bridgehead atoms. The highest BCUT2D eigenvalue weighted by Crippen LogP contribution is 2.31. The number of carbonyl (C=O) groups is 1. The van der Waals surface area contributed by atoms with Gasteiger partial charge in [0.2, 0.25) is 5.91 Å². The third-order valence-corrected chi connectivity index (χ3v) is 3.94. The van der Waals surface area contributed by atoms with E-state index in [4.69, 9.17) is 0 Å². The van der Waals surface area contributed by atoms with Crippen molar-refractivity contribution < 1.29 is 9.18 Å². The minimum atomic E-state index is -0.302.